The number of nitro benzene ring substituents is 2. The molecule has 2 aromatic carbocycles. The first-order valence-electron chi connectivity index (χ1n) is 6.53. The molecule has 132 valence electrons. The van der Waals surface area contributed by atoms with E-state index in [1.165, 1.54) is 0 Å². The first kappa shape index (κ1) is 19.7. The molecule has 0 aliphatic carbocycles. The first-order valence-corrected chi connectivity index (χ1v) is 8.04. The Morgan fingerprint density at radius 2 is 1.00 bits per heavy atom. The van der Waals surface area contributed by atoms with Gasteiger partial charge in [-0.1, -0.05) is 46.4 Å². The third kappa shape index (κ3) is 4.71. The highest BCUT2D eigenvalue weighted by Crippen LogP contribution is 2.33. The van der Waals surface area contributed by atoms with Gasteiger partial charge >= 0.3 is 0 Å². The van der Waals surface area contributed by atoms with E-state index in [1.807, 2.05) is 0 Å². The SMILES string of the molecule is O=[N+]([O-])c1cc(Cl)c(COCc2c(Cl)cc([N+](=O)[O-])cc2Cl)c(Cl)c1. The van der Waals surface area contributed by atoms with Crippen molar-refractivity contribution in [1.82, 2.24) is 0 Å². The van der Waals surface area contributed by atoms with E-state index in [-0.39, 0.29) is 44.7 Å². The van der Waals surface area contributed by atoms with Gasteiger partial charge in [-0.25, -0.2) is 0 Å². The number of nitro groups is 2. The van der Waals surface area contributed by atoms with Crippen molar-refractivity contribution >= 4 is 57.8 Å². The Labute approximate surface area is 161 Å². The number of benzene rings is 2. The molecular formula is C14H8Cl4N2O5. The predicted molar refractivity (Wildman–Crippen MR) is 94.7 cm³/mol. The van der Waals surface area contributed by atoms with Gasteiger partial charge in [0.25, 0.3) is 11.4 Å². The highest BCUT2D eigenvalue weighted by Gasteiger charge is 2.17. The van der Waals surface area contributed by atoms with Crippen molar-refractivity contribution in [2.45, 2.75) is 13.2 Å². The molecule has 0 heterocycles. The predicted octanol–water partition coefficient (Wildman–Crippen LogP) is 5.83. The molecule has 0 N–H and O–H groups in total. The fourth-order valence-electron chi connectivity index (χ4n) is 1.92. The summed E-state index contributed by atoms with van der Waals surface area (Å²) in [5.41, 5.74) is 0.256. The summed E-state index contributed by atoms with van der Waals surface area (Å²) >= 11 is 23.9. The van der Waals surface area contributed by atoms with E-state index < -0.39 is 9.85 Å². The van der Waals surface area contributed by atoms with Gasteiger partial charge in [0.1, 0.15) is 0 Å². The summed E-state index contributed by atoms with van der Waals surface area (Å²) in [4.78, 5) is 20.3. The van der Waals surface area contributed by atoms with E-state index in [0.29, 0.717) is 11.1 Å². The Balaban J connectivity index is 2.14. The normalized spacial score (nSPS) is 10.7. The Hall–Kier alpha value is -1.64. The molecule has 0 aliphatic heterocycles. The zero-order valence-corrected chi connectivity index (χ0v) is 15.2. The summed E-state index contributed by atoms with van der Waals surface area (Å²) in [6, 6.07) is 4.66. The van der Waals surface area contributed by atoms with Gasteiger partial charge in [-0.05, 0) is 0 Å². The van der Waals surface area contributed by atoms with E-state index in [9.17, 15) is 20.2 Å². The van der Waals surface area contributed by atoms with E-state index in [0.717, 1.165) is 24.3 Å². The van der Waals surface area contributed by atoms with Gasteiger partial charge in [-0.3, -0.25) is 20.2 Å². The Morgan fingerprint density at radius 1 is 0.720 bits per heavy atom. The lowest BCUT2D eigenvalue weighted by Crippen LogP contribution is -1.99. The summed E-state index contributed by atoms with van der Waals surface area (Å²) in [6.45, 7) is -0.112. The van der Waals surface area contributed by atoms with Gasteiger partial charge in [-0.2, -0.15) is 0 Å². The van der Waals surface area contributed by atoms with Crippen molar-refractivity contribution in [1.29, 1.82) is 0 Å². The van der Waals surface area contributed by atoms with Gasteiger partial charge in [0.05, 0.1) is 43.2 Å². The number of halogens is 4. The second-order valence-electron chi connectivity index (χ2n) is 4.78. The molecule has 0 radical (unpaired) electrons. The van der Waals surface area contributed by atoms with Crippen molar-refractivity contribution < 1.29 is 14.6 Å². The fraction of sp³-hybridized carbons (Fsp3) is 0.143. The summed E-state index contributed by atoms with van der Waals surface area (Å²) in [6.07, 6.45) is 0. The number of non-ortho nitro benzene ring substituents is 2. The molecule has 0 saturated heterocycles. The van der Waals surface area contributed by atoms with Crippen LogP contribution >= 0.6 is 46.4 Å². The summed E-state index contributed by atoms with van der Waals surface area (Å²) in [5, 5.41) is 21.8. The van der Waals surface area contributed by atoms with Crippen molar-refractivity contribution in [3.63, 3.8) is 0 Å². The molecule has 0 fully saturated rings. The van der Waals surface area contributed by atoms with Crippen LogP contribution in [0.2, 0.25) is 20.1 Å². The van der Waals surface area contributed by atoms with Crippen LogP contribution < -0.4 is 0 Å². The first-order chi connectivity index (χ1) is 11.7. The Bertz CT molecular complexity index is 744. The molecule has 2 rings (SSSR count). The quantitative estimate of drug-likeness (QED) is 0.428. The van der Waals surface area contributed by atoms with Gasteiger partial charge in [0.15, 0.2) is 0 Å². The lowest BCUT2D eigenvalue weighted by molar-refractivity contribution is -0.385. The number of rotatable bonds is 6. The molecule has 0 aromatic heterocycles. The highest BCUT2D eigenvalue weighted by atomic mass is 35.5. The lowest BCUT2D eigenvalue weighted by atomic mass is 10.2. The number of hydrogen-bond acceptors (Lipinski definition) is 5. The Morgan fingerprint density at radius 3 is 1.24 bits per heavy atom. The maximum atomic E-state index is 10.7. The molecule has 11 heteroatoms. The number of nitrogens with zero attached hydrogens (tertiary/aromatic N) is 2. The maximum absolute atomic E-state index is 10.7. The van der Waals surface area contributed by atoms with Crippen LogP contribution in [0.3, 0.4) is 0 Å². The van der Waals surface area contributed by atoms with Crippen LogP contribution in [-0.4, -0.2) is 9.85 Å². The zero-order valence-electron chi connectivity index (χ0n) is 12.2. The molecule has 0 bridgehead atoms. The summed E-state index contributed by atoms with van der Waals surface area (Å²) < 4.78 is 5.45. The number of hydrogen-bond donors (Lipinski definition) is 0. The van der Waals surface area contributed by atoms with Crippen LogP contribution in [-0.2, 0) is 18.0 Å². The molecule has 0 atom stereocenters. The molecule has 0 amide bonds. The van der Waals surface area contributed by atoms with Gasteiger partial charge in [0, 0.05) is 35.4 Å². The van der Waals surface area contributed by atoms with E-state index in [4.69, 9.17) is 51.1 Å². The third-order valence-electron chi connectivity index (χ3n) is 3.17. The minimum atomic E-state index is -0.612. The molecule has 0 unspecified atom stereocenters. The fourth-order valence-corrected chi connectivity index (χ4v) is 3.09. The van der Waals surface area contributed by atoms with Crippen LogP contribution in [0.15, 0.2) is 24.3 Å². The average Bonchev–Trinajstić information content (AvgIpc) is 2.51. The van der Waals surface area contributed by atoms with Crippen LogP contribution in [0.25, 0.3) is 0 Å². The Kier molecular flexibility index (Phi) is 6.42. The van der Waals surface area contributed by atoms with Crippen molar-refractivity contribution in [3.8, 4) is 0 Å². The van der Waals surface area contributed by atoms with E-state index in [2.05, 4.69) is 0 Å². The van der Waals surface area contributed by atoms with Crippen molar-refractivity contribution in [2.75, 3.05) is 0 Å². The molecule has 0 spiro atoms. The van der Waals surface area contributed by atoms with Crippen LogP contribution in [0.1, 0.15) is 11.1 Å². The van der Waals surface area contributed by atoms with Gasteiger partial charge < -0.3 is 4.74 Å². The van der Waals surface area contributed by atoms with Crippen LogP contribution in [0.4, 0.5) is 11.4 Å². The topological polar surface area (TPSA) is 95.5 Å². The van der Waals surface area contributed by atoms with Gasteiger partial charge in [0.2, 0.25) is 0 Å². The zero-order chi connectivity index (χ0) is 18.7. The highest BCUT2D eigenvalue weighted by molar-refractivity contribution is 6.37. The minimum absolute atomic E-state index is 0.0562. The van der Waals surface area contributed by atoms with Crippen LogP contribution in [0.5, 0.6) is 0 Å². The molecule has 0 saturated carbocycles. The second-order valence-corrected chi connectivity index (χ2v) is 6.41. The average molecular weight is 426 g/mol. The second kappa shape index (κ2) is 8.16. The lowest BCUT2D eigenvalue weighted by Gasteiger charge is -2.10. The minimum Gasteiger partial charge on any atom is -0.372 e. The standard InChI is InChI=1S/C14H8Cl4N2O5/c15-11-1-7(19(21)22)2-12(16)9(11)5-25-6-10-13(17)3-8(20(23)24)4-14(10)18/h1-4H,5-6H2. The molecule has 7 nitrogen and oxygen atoms in total. The molecule has 25 heavy (non-hydrogen) atoms. The number of ether oxygens (including phenoxy) is 1. The third-order valence-corrected chi connectivity index (χ3v) is 4.51. The summed E-state index contributed by atoms with van der Waals surface area (Å²) in [7, 11) is 0. The molecule has 2 aromatic rings. The maximum Gasteiger partial charge on any atom is 0.272 e. The smallest absolute Gasteiger partial charge is 0.272 e. The molecular weight excluding hydrogens is 418 g/mol. The van der Waals surface area contributed by atoms with E-state index in [1.54, 1.807) is 0 Å². The van der Waals surface area contributed by atoms with Crippen LogP contribution in [0, 0.1) is 20.2 Å². The largest absolute Gasteiger partial charge is 0.372 e. The van der Waals surface area contributed by atoms with Crippen molar-refractivity contribution in [3.05, 3.63) is 75.7 Å². The monoisotopic (exact) mass is 424 g/mol. The summed E-state index contributed by atoms with van der Waals surface area (Å²) in [5.74, 6) is 0. The van der Waals surface area contributed by atoms with Crippen molar-refractivity contribution in [2.24, 2.45) is 0 Å². The van der Waals surface area contributed by atoms with E-state index >= 15 is 0 Å². The van der Waals surface area contributed by atoms with Gasteiger partial charge in [-0.15, -0.1) is 0 Å². The molecule has 0 aliphatic rings.